The second-order valence-corrected chi connectivity index (χ2v) is 4.68. The Labute approximate surface area is 106 Å². The average molecular weight is 253 g/mol. The van der Waals surface area contributed by atoms with Gasteiger partial charge in [0.2, 0.25) is 0 Å². The topological polar surface area (TPSA) is 82.0 Å². The van der Waals surface area contributed by atoms with Gasteiger partial charge in [0.05, 0.1) is 32.0 Å². The fourth-order valence-corrected chi connectivity index (χ4v) is 2.06. The first-order valence-corrected chi connectivity index (χ1v) is 6.04. The van der Waals surface area contributed by atoms with Crippen molar-refractivity contribution >= 4 is 0 Å². The van der Waals surface area contributed by atoms with Crippen LogP contribution in [0.15, 0.2) is 24.3 Å². The number of benzene rings is 1. The molecule has 0 saturated heterocycles. The standard InChI is InChI=1S/C13H19NO4/c15-7-13(8-16,9-17)14-5-10-6-18-12-4-2-1-3-11(10)12/h1-4,10,14-17H,5-9H2. The molecule has 1 aromatic rings. The number of nitrogens with one attached hydrogen (secondary N) is 1. The van der Waals surface area contributed by atoms with Crippen molar-refractivity contribution in [2.24, 2.45) is 0 Å². The molecule has 0 aliphatic carbocycles. The minimum Gasteiger partial charge on any atom is -0.493 e. The lowest BCUT2D eigenvalue weighted by Gasteiger charge is -2.30. The van der Waals surface area contributed by atoms with Crippen LogP contribution >= 0.6 is 0 Å². The summed E-state index contributed by atoms with van der Waals surface area (Å²) in [5, 5.41) is 30.7. The van der Waals surface area contributed by atoms with E-state index in [-0.39, 0.29) is 25.7 Å². The van der Waals surface area contributed by atoms with Crippen molar-refractivity contribution < 1.29 is 20.1 Å². The Balaban J connectivity index is 2.00. The third-order valence-electron chi connectivity index (χ3n) is 3.43. The van der Waals surface area contributed by atoms with E-state index in [1.807, 2.05) is 24.3 Å². The molecule has 2 rings (SSSR count). The number of hydrogen-bond donors (Lipinski definition) is 4. The second kappa shape index (κ2) is 5.67. The predicted octanol–water partition coefficient (Wildman–Crippen LogP) is -0.532. The number of fused-ring (bicyclic) bond motifs is 1. The van der Waals surface area contributed by atoms with Crippen molar-refractivity contribution in [3.8, 4) is 5.75 Å². The third-order valence-corrected chi connectivity index (χ3v) is 3.43. The highest BCUT2D eigenvalue weighted by atomic mass is 16.5. The largest absolute Gasteiger partial charge is 0.493 e. The van der Waals surface area contributed by atoms with Gasteiger partial charge < -0.3 is 25.4 Å². The zero-order valence-electron chi connectivity index (χ0n) is 10.2. The molecule has 0 amide bonds. The zero-order valence-corrected chi connectivity index (χ0v) is 10.2. The SMILES string of the molecule is OCC(CO)(CO)NCC1COc2ccccc21. The first-order valence-electron chi connectivity index (χ1n) is 6.04. The summed E-state index contributed by atoms with van der Waals surface area (Å²) in [4.78, 5) is 0. The lowest BCUT2D eigenvalue weighted by atomic mass is 9.98. The highest BCUT2D eigenvalue weighted by Crippen LogP contribution is 2.33. The van der Waals surface area contributed by atoms with Gasteiger partial charge in [-0.2, -0.15) is 0 Å². The number of aliphatic hydroxyl groups is 3. The number of para-hydroxylation sites is 1. The Kier molecular flexibility index (Phi) is 4.19. The third kappa shape index (κ3) is 2.49. The molecular formula is C13H19NO4. The van der Waals surface area contributed by atoms with Crippen molar-refractivity contribution in [1.82, 2.24) is 5.32 Å². The zero-order chi connectivity index (χ0) is 13.0. The van der Waals surface area contributed by atoms with Gasteiger partial charge in [-0.05, 0) is 6.07 Å². The van der Waals surface area contributed by atoms with E-state index < -0.39 is 5.54 Å². The molecule has 1 aliphatic heterocycles. The number of aliphatic hydroxyl groups excluding tert-OH is 3. The minimum absolute atomic E-state index is 0.172. The van der Waals surface area contributed by atoms with Crippen LogP contribution in [-0.2, 0) is 0 Å². The maximum Gasteiger partial charge on any atom is 0.122 e. The number of rotatable bonds is 6. The molecule has 100 valence electrons. The lowest BCUT2D eigenvalue weighted by molar-refractivity contribution is 0.0412. The van der Waals surface area contributed by atoms with Crippen LogP contribution in [0, 0.1) is 0 Å². The summed E-state index contributed by atoms with van der Waals surface area (Å²) in [5.74, 6) is 1.05. The van der Waals surface area contributed by atoms with Crippen molar-refractivity contribution in [3.63, 3.8) is 0 Å². The number of ether oxygens (including phenoxy) is 1. The summed E-state index contributed by atoms with van der Waals surface area (Å²) in [5.41, 5.74) is 0.0880. The van der Waals surface area contributed by atoms with Crippen molar-refractivity contribution in [2.75, 3.05) is 33.0 Å². The van der Waals surface area contributed by atoms with Crippen LogP contribution in [-0.4, -0.2) is 53.8 Å². The van der Waals surface area contributed by atoms with Crippen LogP contribution in [0.3, 0.4) is 0 Å². The summed E-state index contributed by atoms with van der Waals surface area (Å²) < 4.78 is 5.55. The summed E-state index contributed by atoms with van der Waals surface area (Å²) in [6.45, 7) is 0.184. The average Bonchev–Trinajstić information content (AvgIpc) is 2.85. The number of hydrogen-bond acceptors (Lipinski definition) is 5. The van der Waals surface area contributed by atoms with Crippen molar-refractivity contribution in [2.45, 2.75) is 11.5 Å². The molecule has 1 aromatic carbocycles. The Hall–Kier alpha value is -1.14. The highest BCUT2D eigenvalue weighted by Gasteiger charge is 2.31. The summed E-state index contributed by atoms with van der Waals surface area (Å²) in [7, 11) is 0. The van der Waals surface area contributed by atoms with E-state index >= 15 is 0 Å². The molecule has 5 heteroatoms. The Bertz CT molecular complexity index is 384. The molecule has 1 atom stereocenters. The molecule has 5 nitrogen and oxygen atoms in total. The quantitative estimate of drug-likeness (QED) is 0.548. The van der Waals surface area contributed by atoms with Gasteiger partial charge in [0.1, 0.15) is 5.75 Å². The molecule has 0 radical (unpaired) electrons. The van der Waals surface area contributed by atoms with Crippen LogP contribution in [0.4, 0.5) is 0 Å². The van der Waals surface area contributed by atoms with Gasteiger partial charge in [0, 0.05) is 18.0 Å². The van der Waals surface area contributed by atoms with Gasteiger partial charge in [0.15, 0.2) is 0 Å². The Morgan fingerprint density at radius 3 is 2.50 bits per heavy atom. The monoisotopic (exact) mass is 253 g/mol. The van der Waals surface area contributed by atoms with Crippen molar-refractivity contribution in [3.05, 3.63) is 29.8 Å². The molecule has 0 aromatic heterocycles. The normalized spacial score (nSPS) is 18.5. The van der Waals surface area contributed by atoms with E-state index in [0.717, 1.165) is 11.3 Å². The van der Waals surface area contributed by atoms with Gasteiger partial charge >= 0.3 is 0 Å². The molecule has 4 N–H and O–H groups in total. The molecule has 0 saturated carbocycles. The van der Waals surface area contributed by atoms with Gasteiger partial charge in [-0.25, -0.2) is 0 Å². The van der Waals surface area contributed by atoms with Crippen LogP contribution < -0.4 is 10.1 Å². The van der Waals surface area contributed by atoms with E-state index in [2.05, 4.69) is 5.32 Å². The van der Waals surface area contributed by atoms with Gasteiger partial charge in [-0.15, -0.1) is 0 Å². The Morgan fingerprint density at radius 1 is 1.17 bits per heavy atom. The smallest absolute Gasteiger partial charge is 0.122 e. The van der Waals surface area contributed by atoms with E-state index in [0.29, 0.717) is 13.2 Å². The fourth-order valence-electron chi connectivity index (χ4n) is 2.06. The van der Waals surface area contributed by atoms with E-state index in [1.54, 1.807) is 0 Å². The molecule has 0 spiro atoms. The van der Waals surface area contributed by atoms with Crippen LogP contribution in [0.25, 0.3) is 0 Å². The van der Waals surface area contributed by atoms with E-state index in [4.69, 9.17) is 4.74 Å². The van der Waals surface area contributed by atoms with E-state index in [1.165, 1.54) is 0 Å². The van der Waals surface area contributed by atoms with Crippen LogP contribution in [0.5, 0.6) is 5.75 Å². The summed E-state index contributed by atoms with van der Waals surface area (Å²) >= 11 is 0. The molecule has 0 bridgehead atoms. The second-order valence-electron chi connectivity index (χ2n) is 4.68. The summed E-state index contributed by atoms with van der Waals surface area (Å²) in [6.07, 6.45) is 0. The first kappa shape index (κ1) is 13.3. The minimum atomic E-state index is -1.03. The van der Waals surface area contributed by atoms with Gasteiger partial charge in [-0.3, -0.25) is 0 Å². The van der Waals surface area contributed by atoms with Crippen molar-refractivity contribution in [1.29, 1.82) is 0 Å². The molecule has 18 heavy (non-hydrogen) atoms. The molecule has 1 unspecified atom stereocenters. The van der Waals surface area contributed by atoms with Gasteiger partial charge in [-0.1, -0.05) is 18.2 Å². The van der Waals surface area contributed by atoms with E-state index in [9.17, 15) is 15.3 Å². The predicted molar refractivity (Wildman–Crippen MR) is 66.7 cm³/mol. The molecule has 1 heterocycles. The highest BCUT2D eigenvalue weighted by molar-refractivity contribution is 5.39. The van der Waals surface area contributed by atoms with Gasteiger partial charge in [0.25, 0.3) is 0 Å². The fraction of sp³-hybridized carbons (Fsp3) is 0.538. The van der Waals surface area contributed by atoms with Crippen LogP contribution in [0.2, 0.25) is 0 Å². The molecule has 1 aliphatic rings. The lowest BCUT2D eigenvalue weighted by Crippen LogP contribution is -2.55. The van der Waals surface area contributed by atoms with Crippen LogP contribution in [0.1, 0.15) is 11.5 Å². The summed E-state index contributed by atoms with van der Waals surface area (Å²) in [6, 6.07) is 7.81. The maximum absolute atomic E-state index is 9.23. The molecular weight excluding hydrogens is 234 g/mol. The first-order chi connectivity index (χ1) is 8.74. The Morgan fingerprint density at radius 2 is 1.83 bits per heavy atom. The maximum atomic E-state index is 9.23. The molecule has 0 fully saturated rings.